The minimum atomic E-state index is -4.57. The van der Waals surface area contributed by atoms with Gasteiger partial charge in [-0.15, -0.1) is 0 Å². The van der Waals surface area contributed by atoms with Gasteiger partial charge in [-0.2, -0.15) is 13.2 Å². The van der Waals surface area contributed by atoms with Crippen LogP contribution in [-0.2, 0) is 10.9 Å². The lowest BCUT2D eigenvalue weighted by atomic mass is 10.1. The Morgan fingerprint density at radius 2 is 1.91 bits per heavy atom. The second-order valence-electron chi connectivity index (χ2n) is 5.53. The zero-order valence-corrected chi connectivity index (χ0v) is 12.6. The van der Waals surface area contributed by atoms with Gasteiger partial charge in [0.25, 0.3) is 0 Å². The van der Waals surface area contributed by atoms with E-state index in [-0.39, 0.29) is 24.6 Å². The van der Waals surface area contributed by atoms with Crippen LogP contribution in [0.2, 0.25) is 0 Å². The summed E-state index contributed by atoms with van der Waals surface area (Å²) in [5.41, 5.74) is 3.74. The molecule has 1 aromatic rings. The van der Waals surface area contributed by atoms with Crippen LogP contribution in [0.1, 0.15) is 26.3 Å². The van der Waals surface area contributed by atoms with E-state index in [0.29, 0.717) is 0 Å². The van der Waals surface area contributed by atoms with Gasteiger partial charge in [-0.05, 0) is 39.0 Å². The maximum atomic E-state index is 12.8. The number of anilines is 1. The second kappa shape index (κ2) is 6.76. The molecule has 8 heteroatoms. The Labute approximate surface area is 126 Å². The normalized spacial score (nSPS) is 11.9. The average molecular weight is 320 g/mol. The van der Waals surface area contributed by atoms with Crippen LogP contribution in [0, 0.1) is 0 Å². The quantitative estimate of drug-likeness (QED) is 0.660. The molecule has 0 fully saturated rings. The molecule has 1 amide bonds. The van der Waals surface area contributed by atoms with Crippen LogP contribution in [0.15, 0.2) is 18.2 Å². The maximum Gasteiger partial charge on any atom is 0.420 e. The van der Waals surface area contributed by atoms with Gasteiger partial charge in [0.15, 0.2) is 0 Å². The SMILES string of the molecule is CC(C)(C)OC(=O)NCCOc1ccc(N)cc1C(F)(F)F. The minimum absolute atomic E-state index is 0.00782. The highest BCUT2D eigenvalue weighted by Crippen LogP contribution is 2.37. The molecule has 22 heavy (non-hydrogen) atoms. The molecule has 0 radical (unpaired) electrons. The lowest BCUT2D eigenvalue weighted by molar-refractivity contribution is -0.138. The van der Waals surface area contributed by atoms with Crippen molar-refractivity contribution >= 4 is 11.8 Å². The number of nitrogens with two attached hydrogens (primary N) is 1. The summed E-state index contributed by atoms with van der Waals surface area (Å²) in [6, 6.07) is 3.26. The summed E-state index contributed by atoms with van der Waals surface area (Å²) < 4.78 is 48.5. The van der Waals surface area contributed by atoms with Crippen molar-refractivity contribution in [3.63, 3.8) is 0 Å². The summed E-state index contributed by atoms with van der Waals surface area (Å²) in [5.74, 6) is -0.340. The summed E-state index contributed by atoms with van der Waals surface area (Å²) in [4.78, 5) is 11.4. The van der Waals surface area contributed by atoms with E-state index >= 15 is 0 Å². The van der Waals surface area contributed by atoms with E-state index in [1.807, 2.05) is 0 Å². The van der Waals surface area contributed by atoms with Gasteiger partial charge in [0.05, 0.1) is 12.1 Å². The van der Waals surface area contributed by atoms with Crippen LogP contribution in [0.25, 0.3) is 0 Å². The van der Waals surface area contributed by atoms with Gasteiger partial charge in [-0.1, -0.05) is 0 Å². The third kappa shape index (κ3) is 6.11. The monoisotopic (exact) mass is 320 g/mol. The number of rotatable bonds is 4. The Bertz CT molecular complexity index is 525. The largest absolute Gasteiger partial charge is 0.491 e. The standard InChI is InChI=1S/C14H19F3N2O3/c1-13(2,3)22-12(20)19-6-7-21-11-5-4-9(18)8-10(11)14(15,16)17/h4-5,8H,6-7,18H2,1-3H3,(H,19,20). The number of hydrogen-bond donors (Lipinski definition) is 2. The molecule has 0 aliphatic heterocycles. The van der Waals surface area contributed by atoms with Crippen LogP contribution in [-0.4, -0.2) is 24.8 Å². The number of carbonyl (C=O) groups excluding carboxylic acids is 1. The van der Waals surface area contributed by atoms with Gasteiger partial charge in [0.2, 0.25) is 0 Å². The summed E-state index contributed by atoms with van der Waals surface area (Å²) in [6.45, 7) is 4.98. The van der Waals surface area contributed by atoms with E-state index in [1.54, 1.807) is 20.8 Å². The van der Waals surface area contributed by atoms with Crippen LogP contribution in [0.3, 0.4) is 0 Å². The van der Waals surface area contributed by atoms with Crippen LogP contribution < -0.4 is 15.8 Å². The number of alkyl halides is 3. The van der Waals surface area contributed by atoms with Crippen LogP contribution in [0.5, 0.6) is 5.75 Å². The van der Waals surface area contributed by atoms with Crippen molar-refractivity contribution < 1.29 is 27.4 Å². The highest BCUT2D eigenvalue weighted by Gasteiger charge is 2.34. The van der Waals surface area contributed by atoms with Crippen molar-refractivity contribution in [3.05, 3.63) is 23.8 Å². The van der Waals surface area contributed by atoms with E-state index in [1.165, 1.54) is 6.07 Å². The fourth-order valence-corrected chi connectivity index (χ4v) is 1.52. The molecule has 0 aliphatic rings. The average Bonchev–Trinajstić information content (AvgIpc) is 2.32. The Morgan fingerprint density at radius 3 is 2.45 bits per heavy atom. The first kappa shape index (κ1) is 17.9. The van der Waals surface area contributed by atoms with Crippen molar-refractivity contribution in [3.8, 4) is 5.75 Å². The molecule has 0 unspecified atom stereocenters. The van der Waals surface area contributed by atoms with E-state index < -0.39 is 23.4 Å². The molecule has 0 saturated heterocycles. The zero-order valence-electron chi connectivity index (χ0n) is 12.6. The minimum Gasteiger partial charge on any atom is -0.491 e. The van der Waals surface area contributed by atoms with E-state index in [2.05, 4.69) is 5.32 Å². The van der Waals surface area contributed by atoms with Gasteiger partial charge in [-0.25, -0.2) is 4.79 Å². The molecule has 0 bridgehead atoms. The van der Waals surface area contributed by atoms with Gasteiger partial charge in [-0.3, -0.25) is 0 Å². The van der Waals surface area contributed by atoms with Crippen LogP contribution in [0.4, 0.5) is 23.7 Å². The third-order valence-electron chi connectivity index (χ3n) is 2.34. The molecule has 1 rings (SSSR count). The van der Waals surface area contributed by atoms with Crippen molar-refractivity contribution in [2.45, 2.75) is 32.5 Å². The highest BCUT2D eigenvalue weighted by atomic mass is 19.4. The van der Waals surface area contributed by atoms with E-state index in [9.17, 15) is 18.0 Å². The van der Waals surface area contributed by atoms with Crippen molar-refractivity contribution in [1.82, 2.24) is 5.32 Å². The number of carbonyl (C=O) groups is 1. The second-order valence-corrected chi connectivity index (χ2v) is 5.53. The molecule has 0 heterocycles. The predicted octanol–water partition coefficient (Wildman–Crippen LogP) is 3.19. The lowest BCUT2D eigenvalue weighted by Gasteiger charge is -2.20. The fraction of sp³-hybridized carbons (Fsp3) is 0.500. The molecule has 0 aromatic heterocycles. The Hall–Kier alpha value is -2.12. The number of halogens is 3. The van der Waals surface area contributed by atoms with E-state index in [4.69, 9.17) is 15.2 Å². The number of ether oxygens (including phenoxy) is 2. The Balaban J connectivity index is 2.54. The molecule has 0 atom stereocenters. The maximum absolute atomic E-state index is 12.8. The number of nitrogen functional groups attached to an aromatic ring is 1. The van der Waals surface area contributed by atoms with Gasteiger partial charge < -0.3 is 20.5 Å². The van der Waals surface area contributed by atoms with Crippen molar-refractivity contribution in [2.75, 3.05) is 18.9 Å². The lowest BCUT2D eigenvalue weighted by Crippen LogP contribution is -2.34. The van der Waals surface area contributed by atoms with Gasteiger partial charge in [0, 0.05) is 5.69 Å². The number of hydrogen-bond acceptors (Lipinski definition) is 4. The molecule has 0 spiro atoms. The summed E-state index contributed by atoms with van der Waals surface area (Å²) in [5, 5.41) is 2.39. The molecule has 0 aliphatic carbocycles. The van der Waals surface area contributed by atoms with Crippen molar-refractivity contribution in [1.29, 1.82) is 0 Å². The molecule has 5 nitrogen and oxygen atoms in total. The first-order valence-corrected chi connectivity index (χ1v) is 6.55. The summed E-state index contributed by atoms with van der Waals surface area (Å²) in [7, 11) is 0. The topological polar surface area (TPSA) is 73.6 Å². The first-order valence-electron chi connectivity index (χ1n) is 6.55. The third-order valence-corrected chi connectivity index (χ3v) is 2.34. The summed E-state index contributed by atoms with van der Waals surface area (Å²) >= 11 is 0. The first-order chi connectivity index (χ1) is 9.99. The number of benzene rings is 1. The molecule has 3 N–H and O–H groups in total. The number of alkyl carbamates (subject to hydrolysis) is 1. The Morgan fingerprint density at radius 1 is 1.27 bits per heavy atom. The fourth-order valence-electron chi connectivity index (χ4n) is 1.52. The number of amides is 1. The zero-order chi connectivity index (χ0) is 17.0. The van der Waals surface area contributed by atoms with Crippen molar-refractivity contribution in [2.24, 2.45) is 0 Å². The van der Waals surface area contributed by atoms with Gasteiger partial charge >= 0.3 is 12.3 Å². The molecule has 0 saturated carbocycles. The van der Waals surface area contributed by atoms with Crippen LogP contribution >= 0.6 is 0 Å². The van der Waals surface area contributed by atoms with E-state index in [0.717, 1.165) is 12.1 Å². The number of nitrogens with one attached hydrogen (secondary N) is 1. The summed E-state index contributed by atoms with van der Waals surface area (Å²) in [6.07, 6.45) is -5.23. The molecule has 124 valence electrons. The van der Waals surface area contributed by atoms with Gasteiger partial charge in [0.1, 0.15) is 18.0 Å². The molecule has 1 aromatic carbocycles. The molecular weight excluding hydrogens is 301 g/mol. The predicted molar refractivity (Wildman–Crippen MR) is 75.6 cm³/mol. The Kier molecular flexibility index (Phi) is 5.51. The smallest absolute Gasteiger partial charge is 0.420 e. The highest BCUT2D eigenvalue weighted by molar-refractivity contribution is 5.67. The molecular formula is C14H19F3N2O3.